The fourth-order valence-electron chi connectivity index (χ4n) is 1.49. The van der Waals surface area contributed by atoms with Crippen LogP contribution in [0.3, 0.4) is 0 Å². The molecule has 0 aliphatic carbocycles. The van der Waals surface area contributed by atoms with Crippen LogP contribution in [0.2, 0.25) is 0 Å². The third-order valence-corrected chi connectivity index (χ3v) is 3.95. The summed E-state index contributed by atoms with van der Waals surface area (Å²) in [6, 6.07) is 4.55. The number of thioether (sulfide) groups is 1. The molecule has 0 radical (unpaired) electrons. The molecular formula is C11H19N3O2S2. The molecule has 0 spiro atoms. The Labute approximate surface area is 112 Å². The van der Waals surface area contributed by atoms with Gasteiger partial charge in [-0.1, -0.05) is 0 Å². The van der Waals surface area contributed by atoms with Gasteiger partial charge in [-0.2, -0.15) is 11.8 Å². The van der Waals surface area contributed by atoms with Crippen LogP contribution in [0, 0.1) is 0 Å². The molecule has 0 aliphatic heterocycles. The summed E-state index contributed by atoms with van der Waals surface area (Å²) in [6.07, 6.45) is 4.22. The van der Waals surface area contributed by atoms with E-state index >= 15 is 0 Å². The molecular weight excluding hydrogens is 270 g/mol. The summed E-state index contributed by atoms with van der Waals surface area (Å²) in [4.78, 5) is 0.0362. The first kappa shape index (κ1) is 15.1. The molecule has 0 saturated carbocycles. The van der Waals surface area contributed by atoms with Crippen LogP contribution >= 0.6 is 11.8 Å². The Hall–Kier alpha value is -0.920. The molecule has 0 bridgehead atoms. The lowest BCUT2D eigenvalue weighted by Crippen LogP contribution is -2.13. The third-order valence-electron chi connectivity index (χ3n) is 2.36. The number of sulfonamides is 1. The summed E-state index contributed by atoms with van der Waals surface area (Å²) in [7, 11) is -3.71. The molecule has 0 unspecified atom stereocenters. The van der Waals surface area contributed by atoms with Gasteiger partial charge in [0.15, 0.2) is 0 Å². The number of hydrogen-bond donors (Lipinski definition) is 3. The smallest absolute Gasteiger partial charge is 0.238 e. The second-order valence-corrected chi connectivity index (χ2v) is 6.51. The highest BCUT2D eigenvalue weighted by atomic mass is 32.2. The van der Waals surface area contributed by atoms with E-state index in [1.54, 1.807) is 6.07 Å². The number of nitrogen functional groups attached to an aromatic ring is 1. The summed E-state index contributed by atoms with van der Waals surface area (Å²) in [5.74, 6) is 1.13. The minimum atomic E-state index is -3.71. The molecule has 7 heteroatoms. The minimum absolute atomic E-state index is 0.0362. The summed E-state index contributed by atoms with van der Waals surface area (Å²) in [5, 5.41) is 8.22. The molecule has 1 rings (SSSR count). The Bertz CT molecular complexity index is 489. The molecule has 0 heterocycles. The van der Waals surface area contributed by atoms with Crippen molar-refractivity contribution in [3.05, 3.63) is 18.2 Å². The predicted octanol–water partition coefficient (Wildman–Crippen LogP) is 1.47. The summed E-state index contributed by atoms with van der Waals surface area (Å²) in [5.41, 5.74) is 6.71. The van der Waals surface area contributed by atoms with Crippen molar-refractivity contribution in [1.29, 1.82) is 0 Å². The highest BCUT2D eigenvalue weighted by molar-refractivity contribution is 7.98. The molecule has 0 aliphatic rings. The van der Waals surface area contributed by atoms with Crippen molar-refractivity contribution >= 4 is 33.2 Å². The normalized spacial score (nSPS) is 11.4. The number of unbranched alkanes of at least 4 members (excludes halogenated alkanes) is 1. The van der Waals surface area contributed by atoms with Crippen LogP contribution in [0.1, 0.15) is 12.8 Å². The molecule has 5 N–H and O–H groups in total. The second kappa shape index (κ2) is 6.86. The van der Waals surface area contributed by atoms with Crippen molar-refractivity contribution in [2.24, 2.45) is 5.14 Å². The SMILES string of the molecule is CSCCCCNc1cc(N)cc(S(N)(=O)=O)c1. The maximum absolute atomic E-state index is 11.2. The first-order valence-corrected chi connectivity index (χ1v) is 8.53. The quantitative estimate of drug-likeness (QED) is 0.521. The Kier molecular flexibility index (Phi) is 5.77. The molecule has 102 valence electrons. The van der Waals surface area contributed by atoms with Gasteiger partial charge < -0.3 is 11.1 Å². The molecule has 18 heavy (non-hydrogen) atoms. The molecule has 0 saturated heterocycles. The highest BCUT2D eigenvalue weighted by Gasteiger charge is 2.09. The average molecular weight is 289 g/mol. The fraction of sp³-hybridized carbons (Fsp3) is 0.455. The van der Waals surface area contributed by atoms with E-state index in [0.717, 1.165) is 25.1 Å². The van der Waals surface area contributed by atoms with Crippen LogP contribution in [0.4, 0.5) is 11.4 Å². The fourth-order valence-corrected chi connectivity index (χ4v) is 2.58. The molecule has 0 fully saturated rings. The van der Waals surface area contributed by atoms with Crippen LogP contribution in [-0.2, 0) is 10.0 Å². The van der Waals surface area contributed by atoms with Crippen LogP contribution in [0.15, 0.2) is 23.1 Å². The number of rotatable bonds is 7. The van der Waals surface area contributed by atoms with Gasteiger partial charge in [0.1, 0.15) is 0 Å². The number of anilines is 2. The lowest BCUT2D eigenvalue weighted by atomic mass is 10.2. The molecule has 0 atom stereocenters. The number of benzene rings is 1. The van der Waals surface area contributed by atoms with Crippen molar-refractivity contribution in [1.82, 2.24) is 0 Å². The topological polar surface area (TPSA) is 98.2 Å². The van der Waals surface area contributed by atoms with Gasteiger partial charge in [0.2, 0.25) is 10.0 Å². The first-order valence-electron chi connectivity index (χ1n) is 5.59. The molecule has 0 amide bonds. The highest BCUT2D eigenvalue weighted by Crippen LogP contribution is 2.19. The number of hydrogen-bond acceptors (Lipinski definition) is 5. The van der Waals surface area contributed by atoms with E-state index in [0.29, 0.717) is 11.4 Å². The zero-order valence-electron chi connectivity index (χ0n) is 10.3. The van der Waals surface area contributed by atoms with Gasteiger partial charge in [0, 0.05) is 17.9 Å². The Balaban J connectivity index is 2.64. The van der Waals surface area contributed by atoms with E-state index in [9.17, 15) is 8.42 Å². The minimum Gasteiger partial charge on any atom is -0.399 e. The number of nitrogens with two attached hydrogens (primary N) is 2. The third kappa shape index (κ3) is 5.16. The van der Waals surface area contributed by atoms with Crippen LogP contribution in [0.25, 0.3) is 0 Å². The van der Waals surface area contributed by atoms with Crippen molar-refractivity contribution in [2.45, 2.75) is 17.7 Å². The molecule has 5 nitrogen and oxygen atoms in total. The monoisotopic (exact) mass is 289 g/mol. The van der Waals surface area contributed by atoms with E-state index in [-0.39, 0.29) is 4.90 Å². The Morgan fingerprint density at radius 1 is 1.28 bits per heavy atom. The van der Waals surface area contributed by atoms with Gasteiger partial charge >= 0.3 is 0 Å². The van der Waals surface area contributed by atoms with Crippen molar-refractivity contribution in [3.8, 4) is 0 Å². The lowest BCUT2D eigenvalue weighted by molar-refractivity contribution is 0.598. The van der Waals surface area contributed by atoms with E-state index in [1.165, 1.54) is 12.1 Å². The zero-order valence-corrected chi connectivity index (χ0v) is 12.0. The average Bonchev–Trinajstić information content (AvgIpc) is 2.27. The van der Waals surface area contributed by atoms with Crippen molar-refractivity contribution in [2.75, 3.05) is 29.6 Å². The Morgan fingerprint density at radius 3 is 2.61 bits per heavy atom. The van der Waals surface area contributed by atoms with Gasteiger partial charge in [0.25, 0.3) is 0 Å². The maximum atomic E-state index is 11.2. The number of primary sulfonamides is 1. The molecule has 0 aromatic heterocycles. The van der Waals surface area contributed by atoms with Crippen molar-refractivity contribution in [3.63, 3.8) is 0 Å². The van der Waals surface area contributed by atoms with Gasteiger partial charge in [-0.05, 0) is 43.0 Å². The standard InChI is InChI=1S/C11H19N3O2S2/c1-17-5-3-2-4-14-10-6-9(12)7-11(8-10)18(13,15)16/h6-8,14H,2-5,12H2,1H3,(H2,13,15,16). The van der Waals surface area contributed by atoms with Crippen LogP contribution in [-0.4, -0.2) is 27.0 Å². The van der Waals surface area contributed by atoms with Gasteiger partial charge in [-0.15, -0.1) is 0 Å². The van der Waals surface area contributed by atoms with E-state index in [4.69, 9.17) is 10.9 Å². The van der Waals surface area contributed by atoms with Gasteiger partial charge in [-0.3, -0.25) is 0 Å². The van der Waals surface area contributed by atoms with E-state index in [2.05, 4.69) is 11.6 Å². The summed E-state index contributed by atoms with van der Waals surface area (Å²) < 4.78 is 22.5. The zero-order chi connectivity index (χ0) is 13.6. The lowest BCUT2D eigenvalue weighted by Gasteiger charge is -2.09. The molecule has 1 aromatic rings. The van der Waals surface area contributed by atoms with Crippen LogP contribution < -0.4 is 16.2 Å². The number of nitrogens with one attached hydrogen (secondary N) is 1. The van der Waals surface area contributed by atoms with Crippen LogP contribution in [0.5, 0.6) is 0 Å². The first-order chi connectivity index (χ1) is 8.43. The van der Waals surface area contributed by atoms with E-state index in [1.807, 2.05) is 11.8 Å². The molecule has 1 aromatic carbocycles. The predicted molar refractivity (Wildman–Crippen MR) is 78.3 cm³/mol. The van der Waals surface area contributed by atoms with Crippen molar-refractivity contribution < 1.29 is 8.42 Å². The Morgan fingerprint density at radius 2 is 2.00 bits per heavy atom. The van der Waals surface area contributed by atoms with Gasteiger partial charge in [-0.25, -0.2) is 13.6 Å². The van der Waals surface area contributed by atoms with Gasteiger partial charge in [0.05, 0.1) is 4.90 Å². The van der Waals surface area contributed by atoms with E-state index < -0.39 is 10.0 Å². The summed E-state index contributed by atoms with van der Waals surface area (Å²) >= 11 is 1.81. The summed E-state index contributed by atoms with van der Waals surface area (Å²) in [6.45, 7) is 0.786. The maximum Gasteiger partial charge on any atom is 0.238 e. The largest absolute Gasteiger partial charge is 0.399 e. The second-order valence-electron chi connectivity index (χ2n) is 3.96.